The number of hydrogen-bond donors (Lipinski definition) is 1. The number of fused-ring (bicyclic) bond motifs is 1. The van der Waals surface area contributed by atoms with E-state index in [9.17, 15) is 0 Å². The molecule has 3 rings (SSSR count). The van der Waals surface area contributed by atoms with Crippen LogP contribution in [0.3, 0.4) is 0 Å². The number of hydrogen-bond acceptors (Lipinski definition) is 4. The Morgan fingerprint density at radius 3 is 2.93 bits per heavy atom. The molecule has 3 aromatic rings. The third-order valence-corrected chi connectivity index (χ3v) is 2.99. The lowest BCUT2D eigenvalue weighted by Gasteiger charge is -1.96. The van der Waals surface area contributed by atoms with Crippen molar-refractivity contribution < 1.29 is 0 Å². The van der Waals surface area contributed by atoms with Gasteiger partial charge in [0.1, 0.15) is 5.00 Å². The minimum absolute atomic E-state index is 0.555. The van der Waals surface area contributed by atoms with Crippen LogP contribution in [0.1, 0.15) is 0 Å². The van der Waals surface area contributed by atoms with Crippen molar-refractivity contribution in [1.29, 1.82) is 0 Å². The van der Waals surface area contributed by atoms with Crippen LogP contribution in [0.5, 0.6) is 0 Å². The Kier molecular flexibility index (Phi) is 1.72. The maximum atomic E-state index is 5.84. The fourth-order valence-electron chi connectivity index (χ4n) is 1.57. The fourth-order valence-corrected chi connectivity index (χ4v) is 2.16. The molecule has 0 saturated heterocycles. The summed E-state index contributed by atoms with van der Waals surface area (Å²) in [6.07, 6.45) is 1.78. The minimum Gasteiger partial charge on any atom is -0.382 e. The molecule has 0 aliphatic rings. The predicted octanol–water partition coefficient (Wildman–Crippen LogP) is 2.06. The van der Waals surface area contributed by atoms with E-state index in [2.05, 4.69) is 10.1 Å². The lowest BCUT2D eigenvalue weighted by Crippen LogP contribution is -1.94. The highest BCUT2D eigenvalue weighted by Crippen LogP contribution is 2.24. The van der Waals surface area contributed by atoms with Crippen molar-refractivity contribution in [1.82, 2.24) is 14.8 Å². The van der Waals surface area contributed by atoms with E-state index >= 15 is 0 Å². The number of nitrogen functional groups attached to an aromatic ring is 1. The average molecular weight is 216 g/mol. The SMILES string of the molecule is Nc1nn(-c2cncs2)c2ccccc12. The molecule has 0 aliphatic carbocycles. The van der Waals surface area contributed by atoms with Crippen LogP contribution in [-0.2, 0) is 0 Å². The van der Waals surface area contributed by atoms with Crippen LogP contribution < -0.4 is 5.73 Å². The zero-order valence-electron chi connectivity index (χ0n) is 7.79. The van der Waals surface area contributed by atoms with E-state index in [1.807, 2.05) is 28.9 Å². The lowest BCUT2D eigenvalue weighted by molar-refractivity contribution is 0.931. The third-order valence-electron chi connectivity index (χ3n) is 2.24. The highest BCUT2D eigenvalue weighted by molar-refractivity contribution is 7.12. The third kappa shape index (κ3) is 1.20. The fraction of sp³-hybridized carbons (Fsp3) is 0. The normalized spacial score (nSPS) is 10.9. The summed E-state index contributed by atoms with van der Waals surface area (Å²) < 4.78 is 1.82. The van der Waals surface area contributed by atoms with E-state index in [0.29, 0.717) is 5.82 Å². The Bertz CT molecular complexity index is 597. The molecule has 0 amide bonds. The van der Waals surface area contributed by atoms with E-state index in [-0.39, 0.29) is 0 Å². The van der Waals surface area contributed by atoms with E-state index < -0.39 is 0 Å². The molecule has 74 valence electrons. The summed E-state index contributed by atoms with van der Waals surface area (Å²) in [5, 5.41) is 6.25. The smallest absolute Gasteiger partial charge is 0.153 e. The molecule has 0 atom stereocenters. The molecule has 2 heterocycles. The van der Waals surface area contributed by atoms with E-state index in [4.69, 9.17) is 5.73 Å². The maximum Gasteiger partial charge on any atom is 0.153 e. The molecule has 0 bridgehead atoms. The summed E-state index contributed by atoms with van der Waals surface area (Å²) in [4.78, 5) is 4.03. The number of aromatic nitrogens is 3. The predicted molar refractivity (Wildman–Crippen MR) is 61.2 cm³/mol. The van der Waals surface area contributed by atoms with Gasteiger partial charge in [0, 0.05) is 5.39 Å². The quantitative estimate of drug-likeness (QED) is 0.677. The van der Waals surface area contributed by atoms with Gasteiger partial charge >= 0.3 is 0 Å². The summed E-state index contributed by atoms with van der Waals surface area (Å²) in [5.74, 6) is 0.555. The minimum atomic E-state index is 0.555. The van der Waals surface area contributed by atoms with E-state index in [0.717, 1.165) is 15.9 Å². The van der Waals surface area contributed by atoms with Gasteiger partial charge in [-0.25, -0.2) is 4.68 Å². The first-order valence-corrected chi connectivity index (χ1v) is 5.36. The maximum absolute atomic E-state index is 5.84. The highest BCUT2D eigenvalue weighted by atomic mass is 32.1. The molecule has 15 heavy (non-hydrogen) atoms. The van der Waals surface area contributed by atoms with Crippen LogP contribution in [0.4, 0.5) is 5.82 Å². The first kappa shape index (κ1) is 8.43. The molecule has 2 N–H and O–H groups in total. The molecular formula is C10H8N4S. The van der Waals surface area contributed by atoms with Crippen LogP contribution in [0.2, 0.25) is 0 Å². The second-order valence-corrected chi connectivity index (χ2v) is 4.02. The van der Waals surface area contributed by atoms with Gasteiger partial charge in [0.05, 0.1) is 17.2 Å². The van der Waals surface area contributed by atoms with Crippen LogP contribution in [0.15, 0.2) is 36.0 Å². The average Bonchev–Trinajstić information content (AvgIpc) is 2.87. The van der Waals surface area contributed by atoms with Crippen molar-refractivity contribution in [2.75, 3.05) is 5.73 Å². The van der Waals surface area contributed by atoms with Crippen molar-refractivity contribution in [3.8, 4) is 5.00 Å². The number of rotatable bonds is 1. The number of benzene rings is 1. The number of thiazole rings is 1. The number of anilines is 1. The van der Waals surface area contributed by atoms with Crippen molar-refractivity contribution in [3.63, 3.8) is 0 Å². The first-order valence-electron chi connectivity index (χ1n) is 4.48. The van der Waals surface area contributed by atoms with Crippen LogP contribution >= 0.6 is 11.3 Å². The van der Waals surface area contributed by atoms with Gasteiger partial charge in [-0.2, -0.15) is 0 Å². The van der Waals surface area contributed by atoms with Gasteiger partial charge in [-0.1, -0.05) is 12.1 Å². The molecule has 0 fully saturated rings. The standard InChI is InChI=1S/C10H8N4S/c11-10-7-3-1-2-4-8(7)14(13-10)9-5-12-6-15-9/h1-6H,(H2,11,13). The summed E-state index contributed by atoms with van der Waals surface area (Å²) >= 11 is 1.54. The zero-order valence-corrected chi connectivity index (χ0v) is 8.61. The Hall–Kier alpha value is -1.88. The van der Waals surface area contributed by atoms with E-state index in [1.54, 1.807) is 11.7 Å². The van der Waals surface area contributed by atoms with Gasteiger partial charge in [0.15, 0.2) is 5.82 Å². The summed E-state index contributed by atoms with van der Waals surface area (Å²) in [6.45, 7) is 0. The molecule has 0 radical (unpaired) electrons. The largest absolute Gasteiger partial charge is 0.382 e. The van der Waals surface area contributed by atoms with Gasteiger partial charge in [-0.3, -0.25) is 4.98 Å². The molecule has 0 aliphatic heterocycles. The number of nitrogens with two attached hydrogens (primary N) is 1. The Balaban J connectivity index is 2.37. The molecule has 4 nitrogen and oxygen atoms in total. The van der Waals surface area contributed by atoms with Gasteiger partial charge in [0.25, 0.3) is 0 Å². The molecule has 0 unspecified atom stereocenters. The topological polar surface area (TPSA) is 56.7 Å². The summed E-state index contributed by atoms with van der Waals surface area (Å²) in [6, 6.07) is 7.89. The number of nitrogens with zero attached hydrogens (tertiary/aromatic N) is 3. The second kappa shape index (κ2) is 3.06. The first-order chi connectivity index (χ1) is 7.36. The van der Waals surface area contributed by atoms with Crippen molar-refractivity contribution in [2.45, 2.75) is 0 Å². The van der Waals surface area contributed by atoms with E-state index in [1.165, 1.54) is 11.3 Å². The lowest BCUT2D eigenvalue weighted by atomic mass is 10.2. The van der Waals surface area contributed by atoms with Gasteiger partial charge in [-0.15, -0.1) is 16.4 Å². The Morgan fingerprint density at radius 1 is 1.27 bits per heavy atom. The molecule has 1 aromatic carbocycles. The molecule has 5 heteroatoms. The van der Waals surface area contributed by atoms with Gasteiger partial charge in [0.2, 0.25) is 0 Å². The van der Waals surface area contributed by atoms with Crippen molar-refractivity contribution in [3.05, 3.63) is 36.0 Å². The Labute approximate surface area is 90.0 Å². The summed E-state index contributed by atoms with van der Waals surface area (Å²) in [7, 11) is 0. The summed E-state index contributed by atoms with van der Waals surface area (Å²) in [5.41, 5.74) is 8.63. The van der Waals surface area contributed by atoms with Gasteiger partial charge < -0.3 is 5.73 Å². The van der Waals surface area contributed by atoms with Crippen molar-refractivity contribution in [2.24, 2.45) is 0 Å². The number of para-hydroxylation sites is 1. The molecule has 0 saturated carbocycles. The second-order valence-electron chi connectivity index (χ2n) is 3.15. The molecule has 0 spiro atoms. The molecule has 2 aromatic heterocycles. The zero-order chi connectivity index (χ0) is 10.3. The molecular weight excluding hydrogens is 208 g/mol. The van der Waals surface area contributed by atoms with Gasteiger partial charge in [-0.05, 0) is 12.1 Å². The highest BCUT2D eigenvalue weighted by Gasteiger charge is 2.09. The van der Waals surface area contributed by atoms with Crippen LogP contribution in [0.25, 0.3) is 15.9 Å². The Morgan fingerprint density at radius 2 is 2.13 bits per heavy atom. The van der Waals surface area contributed by atoms with Crippen LogP contribution in [-0.4, -0.2) is 14.8 Å². The van der Waals surface area contributed by atoms with Crippen molar-refractivity contribution >= 4 is 28.1 Å². The van der Waals surface area contributed by atoms with Crippen LogP contribution in [0, 0.1) is 0 Å². The monoisotopic (exact) mass is 216 g/mol.